The first-order chi connectivity index (χ1) is 7.15. The summed E-state index contributed by atoms with van der Waals surface area (Å²) in [7, 11) is 0. The van der Waals surface area contributed by atoms with E-state index in [4.69, 9.17) is 26.8 Å². The number of hydrogen-bond donors (Lipinski definition) is 1. The van der Waals surface area contributed by atoms with Crippen LogP contribution in [0.3, 0.4) is 0 Å². The second-order valence-corrected chi connectivity index (χ2v) is 4.17. The van der Waals surface area contributed by atoms with Crippen LogP contribution in [0.2, 0.25) is 5.02 Å². The van der Waals surface area contributed by atoms with E-state index < -0.39 is 0 Å². The summed E-state index contributed by atoms with van der Waals surface area (Å²) in [5, 5.41) is 0.703. The van der Waals surface area contributed by atoms with Gasteiger partial charge in [-0.25, -0.2) is 0 Å². The topological polar surface area (TPSA) is 44.5 Å². The fourth-order valence-corrected chi connectivity index (χ4v) is 2.33. The van der Waals surface area contributed by atoms with Gasteiger partial charge >= 0.3 is 0 Å². The zero-order chi connectivity index (χ0) is 11.0. The SMILES string of the molecule is Cc1c2c(cc(Cl)c1C(C)CN)OCO2. The van der Waals surface area contributed by atoms with Crippen LogP contribution in [0, 0.1) is 6.92 Å². The van der Waals surface area contributed by atoms with Gasteiger partial charge in [-0.2, -0.15) is 0 Å². The monoisotopic (exact) mass is 227 g/mol. The van der Waals surface area contributed by atoms with E-state index in [1.165, 1.54) is 0 Å². The Kier molecular flexibility index (Phi) is 2.76. The third kappa shape index (κ3) is 1.66. The molecule has 15 heavy (non-hydrogen) atoms. The Morgan fingerprint density at radius 1 is 1.53 bits per heavy atom. The number of nitrogens with two attached hydrogens (primary N) is 1. The van der Waals surface area contributed by atoms with E-state index >= 15 is 0 Å². The molecule has 0 fully saturated rings. The molecule has 2 rings (SSSR count). The molecule has 0 radical (unpaired) electrons. The molecule has 1 aromatic rings. The summed E-state index contributed by atoms with van der Waals surface area (Å²) in [5.74, 6) is 1.76. The molecular formula is C11H14ClNO2. The van der Waals surface area contributed by atoms with Crippen LogP contribution >= 0.6 is 11.6 Å². The van der Waals surface area contributed by atoms with Crippen molar-refractivity contribution in [3.05, 3.63) is 22.2 Å². The van der Waals surface area contributed by atoms with Crippen LogP contribution in [0.4, 0.5) is 0 Å². The number of benzene rings is 1. The standard InChI is InChI=1S/C11H14ClNO2/c1-6(4-13)10-7(2)11-9(3-8(10)12)14-5-15-11/h3,6H,4-5,13H2,1-2H3. The number of hydrogen-bond acceptors (Lipinski definition) is 3. The van der Waals surface area contributed by atoms with Crippen LogP contribution < -0.4 is 15.2 Å². The molecule has 82 valence electrons. The van der Waals surface area contributed by atoms with Crippen molar-refractivity contribution in [2.75, 3.05) is 13.3 Å². The Morgan fingerprint density at radius 2 is 2.27 bits per heavy atom. The zero-order valence-electron chi connectivity index (χ0n) is 8.84. The Labute approximate surface area is 94.1 Å². The first kappa shape index (κ1) is 10.6. The van der Waals surface area contributed by atoms with E-state index in [0.717, 1.165) is 22.6 Å². The molecule has 1 aliphatic heterocycles. The summed E-state index contributed by atoms with van der Waals surface area (Å²) in [6.07, 6.45) is 0. The maximum Gasteiger partial charge on any atom is 0.231 e. The van der Waals surface area contributed by atoms with Crippen molar-refractivity contribution >= 4 is 11.6 Å². The summed E-state index contributed by atoms with van der Waals surface area (Å²) in [5.41, 5.74) is 7.75. The first-order valence-corrected chi connectivity index (χ1v) is 5.31. The lowest BCUT2D eigenvalue weighted by molar-refractivity contribution is 0.173. The molecule has 0 amide bonds. The second-order valence-electron chi connectivity index (χ2n) is 3.77. The lowest BCUT2D eigenvalue weighted by Gasteiger charge is -2.16. The highest BCUT2D eigenvalue weighted by Crippen LogP contribution is 2.43. The zero-order valence-corrected chi connectivity index (χ0v) is 9.60. The number of fused-ring (bicyclic) bond motifs is 1. The molecule has 0 aliphatic carbocycles. The van der Waals surface area contributed by atoms with Crippen molar-refractivity contribution in [2.24, 2.45) is 5.73 Å². The highest BCUT2D eigenvalue weighted by atomic mass is 35.5. The van der Waals surface area contributed by atoms with Gasteiger partial charge in [-0.15, -0.1) is 0 Å². The van der Waals surface area contributed by atoms with Crippen molar-refractivity contribution in [1.82, 2.24) is 0 Å². The first-order valence-electron chi connectivity index (χ1n) is 4.93. The highest BCUT2D eigenvalue weighted by molar-refractivity contribution is 6.31. The predicted molar refractivity (Wildman–Crippen MR) is 59.8 cm³/mol. The van der Waals surface area contributed by atoms with Crippen molar-refractivity contribution in [3.63, 3.8) is 0 Å². The van der Waals surface area contributed by atoms with Gasteiger partial charge in [0.1, 0.15) is 0 Å². The van der Waals surface area contributed by atoms with Gasteiger partial charge in [-0.1, -0.05) is 18.5 Å². The maximum atomic E-state index is 6.20. The maximum absolute atomic E-state index is 6.20. The predicted octanol–water partition coefficient (Wildman–Crippen LogP) is 2.44. The third-order valence-electron chi connectivity index (χ3n) is 2.75. The van der Waals surface area contributed by atoms with Gasteiger partial charge in [-0.05, 0) is 24.9 Å². The van der Waals surface area contributed by atoms with Crippen molar-refractivity contribution in [2.45, 2.75) is 19.8 Å². The summed E-state index contributed by atoms with van der Waals surface area (Å²) in [6, 6.07) is 1.80. The molecule has 0 saturated carbocycles. The molecule has 0 saturated heterocycles. The second kappa shape index (κ2) is 3.91. The Balaban J connectivity index is 2.56. The minimum atomic E-state index is 0.229. The molecule has 4 heteroatoms. The number of halogens is 1. The summed E-state index contributed by atoms with van der Waals surface area (Å²) < 4.78 is 10.7. The molecular weight excluding hydrogens is 214 g/mol. The number of ether oxygens (including phenoxy) is 2. The largest absolute Gasteiger partial charge is 0.454 e. The van der Waals surface area contributed by atoms with Crippen LogP contribution in [0.1, 0.15) is 24.0 Å². The van der Waals surface area contributed by atoms with Crippen LogP contribution in [0.15, 0.2) is 6.07 Å². The molecule has 3 nitrogen and oxygen atoms in total. The lowest BCUT2D eigenvalue weighted by atomic mass is 9.95. The molecule has 2 N–H and O–H groups in total. The van der Waals surface area contributed by atoms with Gasteiger partial charge in [-0.3, -0.25) is 0 Å². The Morgan fingerprint density at radius 3 is 2.93 bits per heavy atom. The molecule has 0 aromatic heterocycles. The summed E-state index contributed by atoms with van der Waals surface area (Å²) >= 11 is 6.20. The van der Waals surface area contributed by atoms with Gasteiger partial charge in [0, 0.05) is 16.7 Å². The molecule has 1 aliphatic rings. The minimum Gasteiger partial charge on any atom is -0.454 e. The van der Waals surface area contributed by atoms with Crippen molar-refractivity contribution < 1.29 is 9.47 Å². The normalized spacial score (nSPS) is 15.5. The fraction of sp³-hybridized carbons (Fsp3) is 0.455. The van der Waals surface area contributed by atoms with Gasteiger partial charge in [0.15, 0.2) is 11.5 Å². The van der Waals surface area contributed by atoms with Crippen LogP contribution in [0.5, 0.6) is 11.5 Å². The van der Waals surface area contributed by atoms with Gasteiger partial charge in [0.2, 0.25) is 6.79 Å². The summed E-state index contributed by atoms with van der Waals surface area (Å²) in [4.78, 5) is 0. The molecule has 0 spiro atoms. The van der Waals surface area contributed by atoms with Gasteiger partial charge in [0.25, 0.3) is 0 Å². The molecule has 1 aromatic carbocycles. The highest BCUT2D eigenvalue weighted by Gasteiger charge is 2.23. The van der Waals surface area contributed by atoms with Crippen LogP contribution in [-0.2, 0) is 0 Å². The molecule has 1 atom stereocenters. The average molecular weight is 228 g/mol. The summed E-state index contributed by atoms with van der Waals surface area (Å²) in [6.45, 7) is 4.88. The van der Waals surface area contributed by atoms with Gasteiger partial charge in [0.05, 0.1) is 0 Å². The van der Waals surface area contributed by atoms with E-state index in [9.17, 15) is 0 Å². The van der Waals surface area contributed by atoms with E-state index in [2.05, 4.69) is 6.92 Å². The molecule has 1 heterocycles. The van der Waals surface area contributed by atoms with E-state index in [0.29, 0.717) is 11.6 Å². The quantitative estimate of drug-likeness (QED) is 0.844. The molecule has 1 unspecified atom stereocenters. The van der Waals surface area contributed by atoms with Crippen molar-refractivity contribution in [3.8, 4) is 11.5 Å². The van der Waals surface area contributed by atoms with Crippen LogP contribution in [-0.4, -0.2) is 13.3 Å². The Bertz CT molecular complexity index is 393. The van der Waals surface area contributed by atoms with Gasteiger partial charge < -0.3 is 15.2 Å². The average Bonchev–Trinajstić information content (AvgIpc) is 2.65. The van der Waals surface area contributed by atoms with E-state index in [1.807, 2.05) is 6.92 Å². The fourth-order valence-electron chi connectivity index (χ4n) is 1.91. The molecule has 0 bridgehead atoms. The van der Waals surface area contributed by atoms with Crippen molar-refractivity contribution in [1.29, 1.82) is 0 Å². The van der Waals surface area contributed by atoms with Crippen LogP contribution in [0.25, 0.3) is 0 Å². The Hall–Kier alpha value is -0.930. The van der Waals surface area contributed by atoms with E-state index in [1.54, 1.807) is 6.07 Å². The minimum absolute atomic E-state index is 0.229. The third-order valence-corrected chi connectivity index (χ3v) is 3.06. The smallest absolute Gasteiger partial charge is 0.231 e. The lowest BCUT2D eigenvalue weighted by Crippen LogP contribution is -2.11. The van der Waals surface area contributed by atoms with E-state index in [-0.39, 0.29) is 12.7 Å². The number of rotatable bonds is 2.